The summed E-state index contributed by atoms with van der Waals surface area (Å²) in [5.41, 5.74) is 1.20. The molecule has 1 aliphatic heterocycles. The van der Waals surface area contributed by atoms with Gasteiger partial charge in [-0.1, -0.05) is 29.3 Å². The normalized spacial score (nSPS) is 15.8. The van der Waals surface area contributed by atoms with Crippen molar-refractivity contribution in [2.75, 3.05) is 0 Å². The van der Waals surface area contributed by atoms with E-state index in [4.69, 9.17) is 23.2 Å². The Bertz CT molecular complexity index is 701. The Morgan fingerprint density at radius 1 is 1.00 bits per heavy atom. The quantitative estimate of drug-likeness (QED) is 0.784. The van der Waals surface area contributed by atoms with E-state index >= 15 is 0 Å². The molecule has 0 atom stereocenters. The number of hydrogen-bond acceptors (Lipinski definition) is 3. The largest absolute Gasteiger partial charge is 0.478 e. The van der Waals surface area contributed by atoms with Gasteiger partial charge in [-0.25, -0.2) is 9.59 Å². The van der Waals surface area contributed by atoms with Crippen molar-refractivity contribution < 1.29 is 19.8 Å². The number of carboxylic acid groups (broad SMARTS) is 2. The fourth-order valence-electron chi connectivity index (χ4n) is 2.59. The summed E-state index contributed by atoms with van der Waals surface area (Å²) in [5, 5.41) is 22.3. The van der Waals surface area contributed by atoms with Gasteiger partial charge in [0.15, 0.2) is 0 Å². The van der Waals surface area contributed by atoms with E-state index in [-0.39, 0.29) is 16.2 Å². The average molecular weight is 342 g/mol. The lowest BCUT2D eigenvalue weighted by Gasteiger charge is -2.28. The van der Waals surface area contributed by atoms with Gasteiger partial charge in [-0.3, -0.25) is 0 Å². The molecule has 0 saturated carbocycles. The molecule has 0 saturated heterocycles. The summed E-state index contributed by atoms with van der Waals surface area (Å²) < 4.78 is 0. The third kappa shape index (κ3) is 2.82. The van der Waals surface area contributed by atoms with E-state index in [0.717, 1.165) is 0 Å². The maximum atomic E-state index is 11.6. The summed E-state index contributed by atoms with van der Waals surface area (Å²) in [6.07, 6.45) is 0. The number of nitrogens with one attached hydrogen (secondary N) is 1. The maximum absolute atomic E-state index is 11.6. The van der Waals surface area contributed by atoms with Gasteiger partial charge in [-0.15, -0.1) is 0 Å². The number of rotatable bonds is 3. The first kappa shape index (κ1) is 16.4. The second-order valence-electron chi connectivity index (χ2n) is 4.92. The molecule has 116 valence electrons. The summed E-state index contributed by atoms with van der Waals surface area (Å²) in [7, 11) is 0. The van der Waals surface area contributed by atoms with Gasteiger partial charge in [-0.2, -0.15) is 0 Å². The van der Waals surface area contributed by atoms with Crippen molar-refractivity contribution in [1.82, 2.24) is 5.32 Å². The van der Waals surface area contributed by atoms with Crippen LogP contribution in [0.4, 0.5) is 0 Å². The SMILES string of the molecule is CC1=C(C(=O)O)C(c2ccc(Cl)c(Cl)c2)C(C(=O)O)=C(C)N1. The predicted molar refractivity (Wildman–Crippen MR) is 83.0 cm³/mol. The molecule has 0 spiro atoms. The van der Waals surface area contributed by atoms with Crippen LogP contribution in [0.2, 0.25) is 10.0 Å². The third-order valence-electron chi connectivity index (χ3n) is 3.50. The number of hydrogen-bond donors (Lipinski definition) is 3. The highest BCUT2D eigenvalue weighted by molar-refractivity contribution is 6.42. The van der Waals surface area contributed by atoms with Gasteiger partial charge in [0.2, 0.25) is 0 Å². The lowest BCUT2D eigenvalue weighted by atomic mass is 9.80. The highest BCUT2D eigenvalue weighted by atomic mass is 35.5. The standard InChI is InChI=1S/C15H13Cl2NO4/c1-6-11(14(19)20)13(12(15(21)22)7(2)18-6)8-3-4-9(16)10(17)5-8/h3-5,13,18H,1-2H3,(H,19,20)(H,21,22). The van der Waals surface area contributed by atoms with Crippen LogP contribution in [0.5, 0.6) is 0 Å². The number of halogens is 2. The van der Waals surface area contributed by atoms with Crippen molar-refractivity contribution >= 4 is 35.1 Å². The van der Waals surface area contributed by atoms with Crippen LogP contribution in [0.15, 0.2) is 40.7 Å². The van der Waals surface area contributed by atoms with Crippen LogP contribution < -0.4 is 5.32 Å². The summed E-state index contributed by atoms with van der Waals surface area (Å²) >= 11 is 11.9. The molecule has 5 nitrogen and oxygen atoms in total. The van der Waals surface area contributed by atoms with E-state index in [1.54, 1.807) is 19.9 Å². The lowest BCUT2D eigenvalue weighted by molar-refractivity contribution is -0.133. The molecule has 1 aliphatic rings. The van der Waals surface area contributed by atoms with E-state index in [1.807, 2.05) is 0 Å². The molecule has 1 aromatic carbocycles. The van der Waals surface area contributed by atoms with Gasteiger partial charge in [0.05, 0.1) is 27.1 Å². The van der Waals surface area contributed by atoms with Crippen molar-refractivity contribution in [3.63, 3.8) is 0 Å². The predicted octanol–water partition coefficient (Wildman–Crippen LogP) is 3.40. The number of dihydropyridines is 1. The van der Waals surface area contributed by atoms with Crippen molar-refractivity contribution in [1.29, 1.82) is 0 Å². The topological polar surface area (TPSA) is 86.6 Å². The summed E-state index contributed by atoms with van der Waals surface area (Å²) in [4.78, 5) is 23.2. The van der Waals surface area contributed by atoms with Crippen LogP contribution in [0.1, 0.15) is 25.3 Å². The third-order valence-corrected chi connectivity index (χ3v) is 4.24. The van der Waals surface area contributed by atoms with Gasteiger partial charge in [0.1, 0.15) is 0 Å². The van der Waals surface area contributed by atoms with Crippen LogP contribution in [-0.4, -0.2) is 22.2 Å². The Hall–Kier alpha value is -1.98. The summed E-state index contributed by atoms with van der Waals surface area (Å²) in [6.45, 7) is 3.19. The minimum atomic E-state index is -1.19. The molecule has 1 heterocycles. The summed E-state index contributed by atoms with van der Waals surface area (Å²) in [6, 6.07) is 4.59. The molecule has 3 N–H and O–H groups in total. The first-order chi connectivity index (χ1) is 10.2. The van der Waals surface area contributed by atoms with Crippen LogP contribution >= 0.6 is 23.2 Å². The van der Waals surface area contributed by atoms with Crippen LogP contribution in [0.3, 0.4) is 0 Å². The Labute approximate surface area is 136 Å². The zero-order chi connectivity index (χ0) is 16.6. The fourth-order valence-corrected chi connectivity index (χ4v) is 2.89. The summed E-state index contributed by atoms with van der Waals surface area (Å²) in [5.74, 6) is -3.30. The molecule has 0 radical (unpaired) electrons. The fraction of sp³-hybridized carbons (Fsp3) is 0.200. The number of carboxylic acids is 2. The number of aliphatic carboxylic acids is 2. The molecule has 0 unspecified atom stereocenters. The van der Waals surface area contributed by atoms with E-state index < -0.39 is 17.9 Å². The van der Waals surface area contributed by atoms with Crippen LogP contribution in [0.25, 0.3) is 0 Å². The second kappa shape index (κ2) is 6.02. The Kier molecular flexibility index (Phi) is 4.49. The first-order valence-corrected chi connectivity index (χ1v) is 7.09. The van der Waals surface area contributed by atoms with E-state index in [1.165, 1.54) is 12.1 Å². The van der Waals surface area contributed by atoms with Gasteiger partial charge in [0.25, 0.3) is 0 Å². The van der Waals surface area contributed by atoms with Gasteiger partial charge in [0, 0.05) is 11.4 Å². The van der Waals surface area contributed by atoms with Gasteiger partial charge < -0.3 is 15.5 Å². The number of allylic oxidation sites excluding steroid dienone is 2. The van der Waals surface area contributed by atoms with Crippen molar-refractivity contribution in [3.05, 3.63) is 56.3 Å². The zero-order valence-electron chi connectivity index (χ0n) is 11.8. The molecule has 0 aliphatic carbocycles. The molecule has 0 fully saturated rings. The molecule has 2 rings (SSSR count). The number of benzene rings is 1. The number of carbonyl (C=O) groups is 2. The molecule has 0 amide bonds. The lowest BCUT2D eigenvalue weighted by Crippen LogP contribution is -2.31. The van der Waals surface area contributed by atoms with Gasteiger partial charge in [-0.05, 0) is 31.5 Å². The van der Waals surface area contributed by atoms with Gasteiger partial charge >= 0.3 is 11.9 Å². The smallest absolute Gasteiger partial charge is 0.334 e. The van der Waals surface area contributed by atoms with Crippen LogP contribution in [-0.2, 0) is 9.59 Å². The second-order valence-corrected chi connectivity index (χ2v) is 5.73. The van der Waals surface area contributed by atoms with E-state index in [2.05, 4.69) is 5.32 Å². The highest BCUT2D eigenvalue weighted by Gasteiger charge is 2.36. The zero-order valence-corrected chi connectivity index (χ0v) is 13.3. The molecular weight excluding hydrogens is 329 g/mol. The average Bonchev–Trinajstić information content (AvgIpc) is 2.39. The maximum Gasteiger partial charge on any atom is 0.334 e. The van der Waals surface area contributed by atoms with E-state index in [0.29, 0.717) is 22.0 Å². The Morgan fingerprint density at radius 2 is 1.50 bits per heavy atom. The highest BCUT2D eigenvalue weighted by Crippen LogP contribution is 2.39. The molecule has 22 heavy (non-hydrogen) atoms. The van der Waals surface area contributed by atoms with Crippen molar-refractivity contribution in [2.24, 2.45) is 0 Å². The molecule has 1 aromatic rings. The van der Waals surface area contributed by atoms with Crippen molar-refractivity contribution in [3.8, 4) is 0 Å². The molecule has 7 heteroatoms. The monoisotopic (exact) mass is 341 g/mol. The first-order valence-electron chi connectivity index (χ1n) is 6.34. The minimum Gasteiger partial charge on any atom is -0.478 e. The Morgan fingerprint density at radius 3 is 1.91 bits per heavy atom. The van der Waals surface area contributed by atoms with Crippen molar-refractivity contribution in [2.45, 2.75) is 19.8 Å². The molecular formula is C15H13Cl2NO4. The molecule has 0 bridgehead atoms. The Balaban J connectivity index is 2.71. The van der Waals surface area contributed by atoms with Crippen LogP contribution in [0, 0.1) is 0 Å². The van der Waals surface area contributed by atoms with E-state index in [9.17, 15) is 19.8 Å². The minimum absolute atomic E-state index is 0.0265. The molecule has 0 aromatic heterocycles.